The number of carboxylic acid groups (broad SMARTS) is 1. The molecule has 3 rings (SSSR count). The lowest BCUT2D eigenvalue weighted by atomic mass is 10.0. The highest BCUT2D eigenvalue weighted by molar-refractivity contribution is 7.89. The van der Waals surface area contributed by atoms with Crippen molar-refractivity contribution in [1.82, 2.24) is 46.8 Å². The first-order valence-electron chi connectivity index (χ1n) is 28.0. The summed E-state index contributed by atoms with van der Waals surface area (Å²) in [5.41, 5.74) is 33.4. The van der Waals surface area contributed by atoms with E-state index in [0.717, 1.165) is 5.69 Å². The van der Waals surface area contributed by atoms with E-state index in [0.29, 0.717) is 30.0 Å². The Kier molecular flexibility index (Phi) is 29.3. The number of nitrogens with two attached hydrogens (primary N) is 6. The molecule has 0 aromatic heterocycles. The summed E-state index contributed by atoms with van der Waals surface area (Å²) in [4.78, 5) is 144. The number of unbranched alkanes of at least 4 members (excludes halogenated alkanes) is 1. The molecule has 9 amide bonds. The van der Waals surface area contributed by atoms with Crippen LogP contribution in [0.2, 0.25) is 0 Å². The number of fused-ring (bicyclic) bond motifs is 1. The lowest BCUT2D eigenvalue weighted by Crippen LogP contribution is -2.60. The molecule has 2 aromatic carbocycles. The van der Waals surface area contributed by atoms with Crippen LogP contribution < -0.4 is 81.2 Å². The summed E-state index contributed by atoms with van der Waals surface area (Å²) in [6, 6.07) is 0.141. The molecular formula is C53H86N18O14S. The number of likely N-dealkylation sites (tertiary alicyclic amines) is 1. The summed E-state index contributed by atoms with van der Waals surface area (Å²) < 4.78 is 31.0. The van der Waals surface area contributed by atoms with Gasteiger partial charge in [-0.2, -0.15) is 4.72 Å². The topological polar surface area (TPSA) is 529 Å². The summed E-state index contributed by atoms with van der Waals surface area (Å²) in [6.45, 7) is 3.52. The highest BCUT2D eigenvalue weighted by Gasteiger charge is 2.41. The number of aliphatic hydroxyl groups excluding tert-OH is 1. The number of nitrogens with zero attached hydrogens (tertiary/aromatic N) is 4. The van der Waals surface area contributed by atoms with Crippen molar-refractivity contribution in [2.45, 2.75) is 145 Å². The van der Waals surface area contributed by atoms with Crippen molar-refractivity contribution in [3.05, 3.63) is 36.4 Å². The van der Waals surface area contributed by atoms with Crippen LogP contribution in [0, 0.1) is 5.92 Å². The zero-order chi connectivity index (χ0) is 64.4. The Morgan fingerprint density at radius 2 is 1.23 bits per heavy atom. The number of sulfonamides is 1. The third kappa shape index (κ3) is 23.6. The molecule has 33 heteroatoms. The molecule has 1 heterocycles. The van der Waals surface area contributed by atoms with Gasteiger partial charge >= 0.3 is 5.97 Å². The number of benzene rings is 2. The first-order chi connectivity index (χ1) is 40.5. The fourth-order valence-corrected chi connectivity index (χ4v) is 10.7. The van der Waals surface area contributed by atoms with E-state index in [1.54, 1.807) is 24.3 Å². The first kappa shape index (κ1) is 71.8. The lowest BCUT2D eigenvalue weighted by Gasteiger charge is -2.31. The fourth-order valence-electron chi connectivity index (χ4n) is 9.26. The van der Waals surface area contributed by atoms with Crippen LogP contribution in [-0.4, -0.2) is 196 Å². The summed E-state index contributed by atoms with van der Waals surface area (Å²) in [5.74, 6) is -10.6. The maximum absolute atomic E-state index is 14.4. The Bertz CT molecular complexity index is 2880. The van der Waals surface area contributed by atoms with Gasteiger partial charge in [0.15, 0.2) is 11.9 Å². The summed E-state index contributed by atoms with van der Waals surface area (Å²) in [5, 5.41) is 37.8. The Labute approximate surface area is 499 Å². The molecule has 86 heavy (non-hydrogen) atoms. The van der Waals surface area contributed by atoms with Gasteiger partial charge < -0.3 is 91.6 Å². The minimum absolute atomic E-state index is 0.00296. The third-order valence-electron chi connectivity index (χ3n) is 13.5. The van der Waals surface area contributed by atoms with Gasteiger partial charge in [-0.25, -0.2) is 8.42 Å². The average Bonchev–Trinajstić information content (AvgIpc) is 1.07. The number of carboxylic acids is 1. The third-order valence-corrected chi connectivity index (χ3v) is 15.0. The van der Waals surface area contributed by atoms with Crippen LogP contribution in [0.4, 0.5) is 5.69 Å². The van der Waals surface area contributed by atoms with Gasteiger partial charge in [0.2, 0.25) is 63.2 Å². The van der Waals surface area contributed by atoms with Crippen LogP contribution in [0.1, 0.15) is 91.4 Å². The van der Waals surface area contributed by atoms with Crippen LogP contribution in [0.25, 0.3) is 10.8 Å². The van der Waals surface area contributed by atoms with Crippen molar-refractivity contribution in [2.75, 3.05) is 58.3 Å². The number of hydrogen-bond acceptors (Lipinski definition) is 17. The molecule has 0 aliphatic carbocycles. The molecule has 0 saturated carbocycles. The normalized spacial score (nSPS) is 15.5. The second-order valence-corrected chi connectivity index (χ2v) is 22.9. The molecule has 0 spiro atoms. The molecule has 478 valence electrons. The standard InChI is InChI=1S/C53H86N18O14S/c1-29(2)25-37(69-86(84,85)40-20-9-13-31-32(40)14-8-18-38(31)70(4)5)51(83)71-24-12-19-39(71)49(81)67-34(15-6-7-21-54)47(79)68-44(30(3)72)50(82)63-27-41(73)62-28-42(74)64-36(26-43(75)76)48(80)66-35(17-11-23-61-53(58)59)46(78)65-33(45(55)77)16-10-22-60-52(56)57/h8-9,13-14,18,20,29-30,33-37,39,44,69,72H,6-7,10-12,15-17,19,21-28,54H2,1-5H3,(H2,55,77)(H,62,73)(H,63,82)(H,64,74)(H,65,78)(H,66,80)(H,67,81)(H,68,79)(H,75,76)(H4,56,57,60)(H4,58,59,61)/t30-,33+,34+,35+,36+,37+,39+,44+/m1/s1. The quantitative estimate of drug-likeness (QED) is 0.0171. The van der Waals surface area contributed by atoms with Crippen LogP contribution >= 0.6 is 0 Å². The zero-order valence-electron chi connectivity index (χ0n) is 49.1. The van der Waals surface area contributed by atoms with Gasteiger partial charge in [0.1, 0.15) is 42.3 Å². The van der Waals surface area contributed by atoms with E-state index in [9.17, 15) is 66.6 Å². The van der Waals surface area contributed by atoms with Gasteiger partial charge in [0, 0.05) is 50.2 Å². The molecule has 1 aliphatic rings. The maximum atomic E-state index is 14.4. The van der Waals surface area contributed by atoms with Crippen LogP contribution in [0.5, 0.6) is 0 Å². The molecule has 22 N–H and O–H groups in total. The molecule has 32 nitrogen and oxygen atoms in total. The summed E-state index contributed by atoms with van der Waals surface area (Å²) >= 11 is 0. The van der Waals surface area contributed by atoms with E-state index in [-0.39, 0.29) is 93.9 Å². The summed E-state index contributed by atoms with van der Waals surface area (Å²) in [6.07, 6.45) is -1.08. The van der Waals surface area contributed by atoms with E-state index in [1.807, 2.05) is 38.9 Å². The number of aliphatic carboxylic acids is 1. The van der Waals surface area contributed by atoms with Crippen LogP contribution in [-0.2, 0) is 58.0 Å². The van der Waals surface area contributed by atoms with E-state index >= 15 is 0 Å². The Hall–Kier alpha value is -8.43. The van der Waals surface area contributed by atoms with Crippen molar-refractivity contribution in [3.8, 4) is 0 Å². The molecule has 1 aliphatic heterocycles. The van der Waals surface area contributed by atoms with Crippen LogP contribution in [0.3, 0.4) is 0 Å². The van der Waals surface area contributed by atoms with E-state index < -0.39 is 137 Å². The van der Waals surface area contributed by atoms with Crippen LogP contribution in [0.15, 0.2) is 51.3 Å². The van der Waals surface area contributed by atoms with Gasteiger partial charge in [-0.15, -0.1) is 0 Å². The first-order valence-corrected chi connectivity index (χ1v) is 29.5. The lowest BCUT2D eigenvalue weighted by molar-refractivity contribution is -0.141. The number of carbonyl (C=O) groups excluding carboxylic acids is 9. The Morgan fingerprint density at radius 3 is 1.81 bits per heavy atom. The van der Waals surface area contributed by atoms with Crippen molar-refractivity contribution in [3.63, 3.8) is 0 Å². The van der Waals surface area contributed by atoms with Gasteiger partial charge in [-0.3, -0.25) is 57.9 Å². The highest BCUT2D eigenvalue weighted by Crippen LogP contribution is 2.31. The number of primary amides is 1. The molecular weight excluding hydrogens is 1140 g/mol. The number of aliphatic imine (C=N–C) groups is 2. The number of rotatable bonds is 37. The number of aliphatic hydroxyl groups is 1. The zero-order valence-corrected chi connectivity index (χ0v) is 50.0. The summed E-state index contributed by atoms with van der Waals surface area (Å²) in [7, 11) is -0.664. The average molecular weight is 1230 g/mol. The molecule has 1 saturated heterocycles. The smallest absolute Gasteiger partial charge is 0.305 e. The monoisotopic (exact) mass is 1230 g/mol. The number of amides is 9. The van der Waals surface area contributed by atoms with Gasteiger partial charge in [-0.05, 0) is 95.7 Å². The predicted octanol–water partition coefficient (Wildman–Crippen LogP) is -5.18. The fraction of sp³-hybridized carbons (Fsp3) is 0.585. The molecule has 0 radical (unpaired) electrons. The number of nitrogens with one attached hydrogen (secondary N) is 8. The molecule has 8 atom stereocenters. The van der Waals surface area contributed by atoms with Crippen molar-refractivity contribution in [2.24, 2.45) is 50.3 Å². The number of carbonyl (C=O) groups is 10. The second kappa shape index (κ2) is 35.1. The number of hydrogen-bond donors (Lipinski definition) is 16. The second-order valence-electron chi connectivity index (χ2n) is 21.2. The largest absolute Gasteiger partial charge is 0.481 e. The van der Waals surface area contributed by atoms with E-state index in [4.69, 9.17) is 34.4 Å². The number of guanidine groups is 2. The van der Waals surface area contributed by atoms with Crippen molar-refractivity contribution in [1.29, 1.82) is 0 Å². The van der Waals surface area contributed by atoms with E-state index in [1.165, 1.54) is 17.9 Å². The molecule has 1 fully saturated rings. The van der Waals surface area contributed by atoms with Gasteiger partial charge in [-0.1, -0.05) is 38.1 Å². The minimum atomic E-state index is -4.33. The van der Waals surface area contributed by atoms with Crippen molar-refractivity contribution >= 4 is 97.5 Å². The minimum Gasteiger partial charge on any atom is -0.481 e. The highest BCUT2D eigenvalue weighted by atomic mass is 32.2. The SMILES string of the molecule is CC(C)C[C@H](NS(=O)(=O)c1cccc2c(N(C)C)cccc12)C(=O)N1CCC[C@H]1C(=O)N[C@@H](CCCCN)C(=O)N[C@H](C(=O)NCC(=O)NCC(=O)N[C@@H](CC(=O)O)C(=O)N[C@@H](CCCN=C(N)N)C(=O)N[C@@H](CCCN=C(N)N)C(N)=O)[C@@H](C)O. The molecule has 0 unspecified atom stereocenters. The van der Waals surface area contributed by atoms with Crippen molar-refractivity contribution < 1.29 is 66.6 Å². The Balaban J connectivity index is 1.69. The number of anilines is 1. The van der Waals surface area contributed by atoms with Gasteiger partial charge in [0.05, 0.1) is 30.5 Å². The Morgan fingerprint density at radius 1 is 0.674 bits per heavy atom. The molecule has 2 aromatic rings. The predicted molar refractivity (Wildman–Crippen MR) is 318 cm³/mol. The van der Waals surface area contributed by atoms with Gasteiger partial charge in [0.25, 0.3) is 0 Å². The maximum Gasteiger partial charge on any atom is 0.305 e. The van der Waals surface area contributed by atoms with E-state index in [2.05, 4.69) is 51.9 Å². The molecule has 0 bridgehead atoms.